The molecular weight excluding hydrogens is 300 g/mol. The Balaban J connectivity index is 2.03. The zero-order valence-corrected chi connectivity index (χ0v) is 12.1. The lowest BCUT2D eigenvalue weighted by Crippen LogP contribution is -2.27. The highest BCUT2D eigenvalue weighted by atomic mass is 32.2. The summed E-state index contributed by atoms with van der Waals surface area (Å²) in [5, 5.41) is 8.23. The Morgan fingerprint density at radius 3 is 2.85 bits per heavy atom. The first-order chi connectivity index (χ1) is 9.38. The molecule has 0 saturated heterocycles. The van der Waals surface area contributed by atoms with Crippen LogP contribution in [0.5, 0.6) is 0 Å². The average molecular weight is 314 g/mol. The van der Waals surface area contributed by atoms with Crippen LogP contribution in [0.1, 0.15) is 16.1 Å². The van der Waals surface area contributed by atoms with Gasteiger partial charge in [-0.25, -0.2) is 18.5 Å². The maximum atomic E-state index is 12.0. The topological polar surface area (TPSA) is 128 Å². The fourth-order valence-corrected chi connectivity index (χ4v) is 3.20. The van der Waals surface area contributed by atoms with Crippen molar-refractivity contribution >= 4 is 43.2 Å². The van der Waals surface area contributed by atoms with Crippen LogP contribution < -0.4 is 16.2 Å². The summed E-state index contributed by atoms with van der Waals surface area (Å²) < 4.78 is 21.5. The van der Waals surface area contributed by atoms with Gasteiger partial charge in [0.1, 0.15) is 9.71 Å². The Morgan fingerprint density at radius 2 is 2.20 bits per heavy atom. The molecule has 7 nitrogen and oxygen atoms in total. The lowest BCUT2D eigenvalue weighted by Gasteiger charge is -2.03. The summed E-state index contributed by atoms with van der Waals surface area (Å²) in [5.74, 6) is -0.503. The van der Waals surface area contributed by atoms with Gasteiger partial charge in [0, 0.05) is 18.1 Å². The van der Waals surface area contributed by atoms with E-state index in [4.69, 9.17) is 10.9 Å². The maximum absolute atomic E-state index is 12.0. The predicted molar refractivity (Wildman–Crippen MR) is 79.0 cm³/mol. The Bertz CT molecular complexity index is 739. The second-order valence-electron chi connectivity index (χ2n) is 4.18. The van der Waals surface area contributed by atoms with E-state index in [0.29, 0.717) is 15.4 Å². The van der Waals surface area contributed by atoms with E-state index in [-0.39, 0.29) is 24.6 Å². The van der Waals surface area contributed by atoms with Crippen molar-refractivity contribution in [3.05, 3.63) is 23.2 Å². The molecule has 0 aliphatic carbocycles. The van der Waals surface area contributed by atoms with Crippen molar-refractivity contribution in [1.82, 2.24) is 10.3 Å². The average Bonchev–Trinajstić information content (AvgIpc) is 2.72. The molecule has 2 heterocycles. The van der Waals surface area contributed by atoms with E-state index in [0.717, 1.165) is 5.39 Å². The van der Waals surface area contributed by atoms with E-state index < -0.39 is 10.0 Å². The standard InChI is InChI=1S/C11H14N4O3S2/c12-8-7-3-1-4-15-11(7)19-9(8)10(16)14-5-2-6-20(13,17)18/h1,3-4H,2,5-6,12H2,(H,14,16)(H2,13,17,18). The van der Waals surface area contributed by atoms with Crippen LogP contribution in [0.4, 0.5) is 5.69 Å². The van der Waals surface area contributed by atoms with Crippen LogP contribution in [0.2, 0.25) is 0 Å². The zero-order chi connectivity index (χ0) is 14.8. The molecule has 2 aromatic heterocycles. The van der Waals surface area contributed by atoms with Crippen LogP contribution in [0.25, 0.3) is 10.2 Å². The number of carbonyl (C=O) groups excluding carboxylic acids is 1. The molecule has 108 valence electrons. The Labute approximate surface area is 120 Å². The van der Waals surface area contributed by atoms with E-state index >= 15 is 0 Å². The molecule has 20 heavy (non-hydrogen) atoms. The van der Waals surface area contributed by atoms with Gasteiger partial charge in [-0.05, 0) is 18.6 Å². The fraction of sp³-hybridized carbons (Fsp3) is 0.273. The second-order valence-corrected chi connectivity index (χ2v) is 6.91. The van der Waals surface area contributed by atoms with Gasteiger partial charge in [-0.2, -0.15) is 0 Å². The molecule has 0 radical (unpaired) electrons. The van der Waals surface area contributed by atoms with E-state index in [2.05, 4.69) is 10.3 Å². The highest BCUT2D eigenvalue weighted by Crippen LogP contribution is 2.31. The molecule has 0 aromatic carbocycles. The summed E-state index contributed by atoms with van der Waals surface area (Å²) in [4.78, 5) is 17.2. The molecule has 1 amide bonds. The molecule has 0 fully saturated rings. The first kappa shape index (κ1) is 14.7. The summed E-state index contributed by atoms with van der Waals surface area (Å²) in [6, 6.07) is 3.55. The molecule has 5 N–H and O–H groups in total. The molecule has 2 aromatic rings. The van der Waals surface area contributed by atoms with Gasteiger partial charge < -0.3 is 11.1 Å². The van der Waals surface area contributed by atoms with Gasteiger partial charge in [-0.15, -0.1) is 11.3 Å². The largest absolute Gasteiger partial charge is 0.397 e. The molecule has 0 spiro atoms. The van der Waals surface area contributed by atoms with Gasteiger partial charge in [-0.1, -0.05) is 0 Å². The number of carbonyl (C=O) groups is 1. The van der Waals surface area contributed by atoms with Crippen LogP contribution in [-0.2, 0) is 10.0 Å². The molecule has 0 saturated carbocycles. The van der Waals surface area contributed by atoms with Gasteiger partial charge in [0.05, 0.1) is 11.4 Å². The van der Waals surface area contributed by atoms with Gasteiger partial charge in [0.15, 0.2) is 0 Å². The quantitative estimate of drug-likeness (QED) is 0.683. The number of rotatable bonds is 5. The van der Waals surface area contributed by atoms with Gasteiger partial charge in [-0.3, -0.25) is 4.79 Å². The molecule has 0 unspecified atom stereocenters. The van der Waals surface area contributed by atoms with E-state index in [1.165, 1.54) is 11.3 Å². The van der Waals surface area contributed by atoms with Crippen molar-refractivity contribution in [2.45, 2.75) is 6.42 Å². The van der Waals surface area contributed by atoms with E-state index in [1.807, 2.05) is 0 Å². The first-order valence-electron chi connectivity index (χ1n) is 5.80. The summed E-state index contributed by atoms with van der Waals surface area (Å²) in [5.41, 5.74) is 6.30. The van der Waals surface area contributed by atoms with Crippen molar-refractivity contribution < 1.29 is 13.2 Å². The number of nitrogen functional groups attached to an aromatic ring is 1. The first-order valence-corrected chi connectivity index (χ1v) is 8.33. The van der Waals surface area contributed by atoms with Gasteiger partial charge in [0.25, 0.3) is 5.91 Å². The zero-order valence-electron chi connectivity index (χ0n) is 10.5. The number of sulfonamides is 1. The number of nitrogens with zero attached hydrogens (tertiary/aromatic N) is 1. The summed E-state index contributed by atoms with van der Waals surface area (Å²) >= 11 is 1.20. The van der Waals surface area contributed by atoms with Gasteiger partial charge >= 0.3 is 0 Å². The number of amides is 1. The van der Waals surface area contributed by atoms with Crippen molar-refractivity contribution in [3.8, 4) is 0 Å². The predicted octanol–water partition coefficient (Wildman–Crippen LogP) is 0.287. The van der Waals surface area contributed by atoms with Gasteiger partial charge in [0.2, 0.25) is 10.0 Å². The summed E-state index contributed by atoms with van der Waals surface area (Å²) in [6.07, 6.45) is 1.89. The molecule has 0 aliphatic rings. The number of hydrogen-bond acceptors (Lipinski definition) is 6. The number of pyridine rings is 1. The smallest absolute Gasteiger partial charge is 0.263 e. The molecule has 0 bridgehead atoms. The maximum Gasteiger partial charge on any atom is 0.263 e. The number of anilines is 1. The second kappa shape index (κ2) is 5.73. The number of thiophene rings is 1. The van der Waals surface area contributed by atoms with Crippen LogP contribution in [0.3, 0.4) is 0 Å². The molecule has 2 rings (SSSR count). The number of aromatic nitrogens is 1. The third-order valence-electron chi connectivity index (χ3n) is 2.60. The highest BCUT2D eigenvalue weighted by molar-refractivity contribution is 7.89. The van der Waals surface area contributed by atoms with E-state index in [9.17, 15) is 13.2 Å². The normalized spacial score (nSPS) is 11.7. The molecule has 0 aliphatic heterocycles. The number of hydrogen-bond donors (Lipinski definition) is 3. The fourth-order valence-electron chi connectivity index (χ4n) is 1.68. The Morgan fingerprint density at radius 1 is 1.45 bits per heavy atom. The molecular formula is C11H14N4O3S2. The summed E-state index contributed by atoms with van der Waals surface area (Å²) in [7, 11) is -3.50. The lowest BCUT2D eigenvalue weighted by atomic mass is 10.2. The molecule has 9 heteroatoms. The number of nitrogens with two attached hydrogens (primary N) is 2. The van der Waals surface area contributed by atoms with Crippen LogP contribution in [0.15, 0.2) is 18.3 Å². The molecule has 0 atom stereocenters. The van der Waals surface area contributed by atoms with Crippen molar-refractivity contribution in [3.63, 3.8) is 0 Å². The lowest BCUT2D eigenvalue weighted by molar-refractivity contribution is 0.0958. The summed E-state index contributed by atoms with van der Waals surface area (Å²) in [6.45, 7) is 0.219. The third-order valence-corrected chi connectivity index (χ3v) is 4.59. The minimum atomic E-state index is -3.50. The minimum absolute atomic E-state index is 0.170. The monoisotopic (exact) mass is 314 g/mol. The van der Waals surface area contributed by atoms with E-state index in [1.54, 1.807) is 18.3 Å². The minimum Gasteiger partial charge on any atom is -0.397 e. The third kappa shape index (κ3) is 3.44. The van der Waals surface area contributed by atoms with Crippen LogP contribution >= 0.6 is 11.3 Å². The van der Waals surface area contributed by atoms with Crippen LogP contribution in [-0.4, -0.2) is 31.6 Å². The van der Waals surface area contributed by atoms with Crippen molar-refractivity contribution in [2.75, 3.05) is 18.0 Å². The SMILES string of the molecule is Nc1c(C(=O)NCCCS(N)(=O)=O)sc2ncccc12. The number of nitrogens with one attached hydrogen (secondary N) is 1. The number of fused-ring (bicyclic) bond motifs is 1. The van der Waals surface area contributed by atoms with Crippen LogP contribution in [0, 0.1) is 0 Å². The Kier molecular flexibility index (Phi) is 4.21. The highest BCUT2D eigenvalue weighted by Gasteiger charge is 2.16. The van der Waals surface area contributed by atoms with Crippen molar-refractivity contribution in [2.24, 2.45) is 5.14 Å². The van der Waals surface area contributed by atoms with Crippen molar-refractivity contribution in [1.29, 1.82) is 0 Å². The Hall–Kier alpha value is -1.71. The number of primary sulfonamides is 1.